The van der Waals surface area contributed by atoms with Crippen LogP contribution in [-0.2, 0) is 9.59 Å². The number of nitrogens with one attached hydrogen (secondary N) is 1. The number of aliphatic hydroxyl groups excluding tert-OH is 1. The van der Waals surface area contributed by atoms with E-state index in [2.05, 4.69) is 19.7 Å². The molecule has 0 spiro atoms. The zero-order valence-electron chi connectivity index (χ0n) is 13.0. The molecule has 1 saturated heterocycles. The molecule has 128 valence electrons. The number of nitrogen functional groups attached to an aromatic ring is 1. The number of carbonyl (C=O) groups excluding carboxylic acids is 2. The summed E-state index contributed by atoms with van der Waals surface area (Å²) in [4.78, 5) is 34.2. The van der Waals surface area contributed by atoms with E-state index >= 15 is 0 Å². The number of β-lactam (4-membered cyclic amide) rings is 1. The number of nitrogens with two attached hydrogens (primary N) is 1. The first-order valence-corrected chi connectivity index (χ1v) is 8.91. The number of aliphatic hydroxyl groups is 1. The van der Waals surface area contributed by atoms with Crippen LogP contribution in [0.4, 0.5) is 5.13 Å². The number of aliphatic imine (C=N–C) groups is 1. The number of hydrogen-bond acceptors (Lipinski definition) is 9. The Morgan fingerprint density at radius 2 is 2.33 bits per heavy atom. The molecule has 0 aliphatic carbocycles. The Labute approximate surface area is 146 Å². The lowest BCUT2D eigenvalue weighted by Gasteiger charge is -2.50. The molecule has 0 bridgehead atoms. The number of thioether (sulfide) groups is 1. The molecule has 4 N–H and O–H groups in total. The molecule has 1 aromatic rings. The molecule has 0 radical (unpaired) electrons. The highest BCUT2D eigenvalue weighted by Gasteiger charge is 2.51. The van der Waals surface area contributed by atoms with E-state index in [9.17, 15) is 14.7 Å². The molecular weight excluding hydrogens is 352 g/mol. The van der Waals surface area contributed by atoms with Gasteiger partial charge in [0.25, 0.3) is 11.8 Å². The highest BCUT2D eigenvalue weighted by atomic mass is 32.2. The SMILES string of the molecule is CN=C(C(=O)N[C@@H]1C(=O)N2C(C)=C(CO)CS[C@H]12)c1nsc(N)n1. The lowest BCUT2D eigenvalue weighted by Crippen LogP contribution is -2.70. The fourth-order valence-electron chi connectivity index (χ4n) is 2.59. The molecule has 24 heavy (non-hydrogen) atoms. The fraction of sp³-hybridized carbons (Fsp3) is 0.462. The second-order valence-electron chi connectivity index (χ2n) is 5.24. The quantitative estimate of drug-likeness (QED) is 0.468. The number of allylic oxidation sites excluding steroid dienone is 1. The van der Waals surface area contributed by atoms with Gasteiger partial charge in [-0.2, -0.15) is 9.36 Å². The van der Waals surface area contributed by atoms with Gasteiger partial charge in [-0.3, -0.25) is 19.5 Å². The van der Waals surface area contributed by atoms with E-state index in [1.54, 1.807) is 11.8 Å². The Balaban J connectivity index is 1.73. The van der Waals surface area contributed by atoms with Crippen molar-refractivity contribution in [2.75, 3.05) is 25.1 Å². The van der Waals surface area contributed by atoms with Crippen LogP contribution in [0.15, 0.2) is 16.3 Å². The number of aromatic nitrogens is 2. The Morgan fingerprint density at radius 1 is 1.58 bits per heavy atom. The average molecular weight is 368 g/mol. The first-order chi connectivity index (χ1) is 11.5. The maximum absolute atomic E-state index is 12.4. The first kappa shape index (κ1) is 16.9. The standard InChI is InChI=1S/C13H16N6O3S2/c1-5-6(3-20)4-23-12-8(11(22)19(5)12)16-10(21)7(15-2)9-17-13(14)24-18-9/h8,12,20H,3-4H2,1-2H3,(H,16,21)(H2,14,17,18)/t8-,12-/m1/s1. The van der Waals surface area contributed by atoms with Gasteiger partial charge in [-0.25, -0.2) is 0 Å². The average Bonchev–Trinajstić information content (AvgIpc) is 2.98. The number of nitrogens with zero attached hydrogens (tertiary/aromatic N) is 4. The zero-order chi connectivity index (χ0) is 17.4. The van der Waals surface area contributed by atoms with Crippen molar-refractivity contribution >= 4 is 46.0 Å². The van der Waals surface area contributed by atoms with Crippen molar-refractivity contribution in [3.8, 4) is 0 Å². The summed E-state index contributed by atoms with van der Waals surface area (Å²) < 4.78 is 3.97. The van der Waals surface area contributed by atoms with Crippen LogP contribution in [0.25, 0.3) is 0 Å². The van der Waals surface area contributed by atoms with E-state index in [0.29, 0.717) is 5.75 Å². The summed E-state index contributed by atoms with van der Waals surface area (Å²) in [5.41, 5.74) is 7.16. The molecule has 3 rings (SSSR count). The van der Waals surface area contributed by atoms with E-state index in [-0.39, 0.29) is 34.6 Å². The molecular formula is C13H16N6O3S2. The number of anilines is 1. The number of hydrogen-bond donors (Lipinski definition) is 3. The normalized spacial score (nSPS) is 23.9. The maximum Gasteiger partial charge on any atom is 0.274 e. The summed E-state index contributed by atoms with van der Waals surface area (Å²) in [6.45, 7) is 1.73. The zero-order valence-corrected chi connectivity index (χ0v) is 14.6. The highest BCUT2D eigenvalue weighted by Crippen LogP contribution is 2.39. The third-order valence-electron chi connectivity index (χ3n) is 3.91. The predicted molar refractivity (Wildman–Crippen MR) is 91.6 cm³/mol. The molecule has 1 fully saturated rings. The summed E-state index contributed by atoms with van der Waals surface area (Å²) in [5.74, 6) is 0.0620. The van der Waals surface area contributed by atoms with Gasteiger partial charge < -0.3 is 16.2 Å². The van der Waals surface area contributed by atoms with E-state index in [0.717, 1.165) is 22.8 Å². The lowest BCUT2D eigenvalue weighted by atomic mass is 10.0. The van der Waals surface area contributed by atoms with Crippen LogP contribution in [0.2, 0.25) is 0 Å². The number of rotatable bonds is 4. The number of fused-ring (bicyclic) bond motifs is 1. The number of carbonyl (C=O) groups is 2. The molecule has 2 aliphatic rings. The molecule has 2 atom stereocenters. The minimum absolute atomic E-state index is 0.0401. The van der Waals surface area contributed by atoms with Crippen LogP contribution in [-0.4, -0.2) is 67.7 Å². The highest BCUT2D eigenvalue weighted by molar-refractivity contribution is 8.00. The van der Waals surface area contributed by atoms with Gasteiger partial charge in [0.2, 0.25) is 0 Å². The summed E-state index contributed by atoms with van der Waals surface area (Å²) >= 11 is 2.48. The molecule has 1 aromatic heterocycles. The summed E-state index contributed by atoms with van der Waals surface area (Å²) in [5, 5.41) is 12.1. The monoisotopic (exact) mass is 368 g/mol. The summed E-state index contributed by atoms with van der Waals surface area (Å²) in [6, 6.07) is -0.634. The largest absolute Gasteiger partial charge is 0.392 e. The van der Waals surface area contributed by atoms with Crippen molar-refractivity contribution in [2.24, 2.45) is 4.99 Å². The predicted octanol–water partition coefficient (Wildman–Crippen LogP) is -0.795. The van der Waals surface area contributed by atoms with Crippen molar-refractivity contribution in [1.29, 1.82) is 0 Å². The van der Waals surface area contributed by atoms with Crippen molar-refractivity contribution in [3.05, 3.63) is 17.1 Å². The smallest absolute Gasteiger partial charge is 0.274 e. The Morgan fingerprint density at radius 3 is 2.92 bits per heavy atom. The molecule has 0 aromatic carbocycles. The van der Waals surface area contributed by atoms with Gasteiger partial charge in [-0.05, 0) is 12.5 Å². The van der Waals surface area contributed by atoms with Crippen molar-refractivity contribution < 1.29 is 14.7 Å². The van der Waals surface area contributed by atoms with Gasteiger partial charge in [0.1, 0.15) is 11.4 Å². The topological polar surface area (TPSA) is 134 Å². The second-order valence-corrected chi connectivity index (χ2v) is 7.12. The van der Waals surface area contributed by atoms with E-state index in [4.69, 9.17) is 5.73 Å². The van der Waals surface area contributed by atoms with Crippen LogP contribution in [0.1, 0.15) is 12.7 Å². The maximum atomic E-state index is 12.4. The van der Waals surface area contributed by atoms with E-state index in [1.165, 1.54) is 18.8 Å². The van der Waals surface area contributed by atoms with E-state index < -0.39 is 11.9 Å². The molecule has 3 heterocycles. The van der Waals surface area contributed by atoms with Crippen LogP contribution in [0.5, 0.6) is 0 Å². The Bertz CT molecular complexity index is 759. The Hall–Kier alpha value is -1.98. The van der Waals surface area contributed by atoms with Gasteiger partial charge in [0, 0.05) is 30.0 Å². The van der Waals surface area contributed by atoms with Gasteiger partial charge >= 0.3 is 0 Å². The molecule has 2 amide bonds. The van der Waals surface area contributed by atoms with Gasteiger partial charge in [-0.15, -0.1) is 11.8 Å². The molecule has 0 saturated carbocycles. The minimum atomic E-state index is -0.634. The molecule has 9 nitrogen and oxygen atoms in total. The van der Waals surface area contributed by atoms with E-state index in [1.807, 2.05) is 0 Å². The van der Waals surface area contributed by atoms with Crippen LogP contribution in [0, 0.1) is 0 Å². The van der Waals surface area contributed by atoms with Crippen molar-refractivity contribution in [3.63, 3.8) is 0 Å². The second kappa shape index (κ2) is 6.49. The fourth-order valence-corrected chi connectivity index (χ4v) is 4.48. The third kappa shape index (κ3) is 2.68. The van der Waals surface area contributed by atoms with Crippen molar-refractivity contribution in [1.82, 2.24) is 19.6 Å². The Kier molecular flexibility index (Phi) is 4.56. The van der Waals surface area contributed by atoms with Crippen LogP contribution < -0.4 is 11.1 Å². The summed E-state index contributed by atoms with van der Waals surface area (Å²) in [7, 11) is 1.46. The third-order valence-corrected chi connectivity index (χ3v) is 5.80. The van der Waals surface area contributed by atoms with Gasteiger partial charge in [0.15, 0.2) is 16.7 Å². The van der Waals surface area contributed by atoms with Crippen LogP contribution in [0.3, 0.4) is 0 Å². The number of amides is 2. The van der Waals surface area contributed by atoms with Gasteiger partial charge in [0.05, 0.1) is 6.61 Å². The first-order valence-electron chi connectivity index (χ1n) is 7.09. The molecule has 11 heteroatoms. The molecule has 0 unspecified atom stereocenters. The van der Waals surface area contributed by atoms with Gasteiger partial charge in [-0.1, -0.05) is 0 Å². The van der Waals surface area contributed by atoms with Crippen molar-refractivity contribution in [2.45, 2.75) is 18.3 Å². The molecule has 2 aliphatic heterocycles. The lowest BCUT2D eigenvalue weighted by molar-refractivity contribution is -0.145. The summed E-state index contributed by atoms with van der Waals surface area (Å²) in [6.07, 6.45) is 0. The minimum Gasteiger partial charge on any atom is -0.392 e. The van der Waals surface area contributed by atoms with Crippen LogP contribution >= 0.6 is 23.3 Å².